The maximum Gasteiger partial charge on any atom is 0.186 e. The fraction of sp³-hybridized carbons (Fsp3) is 1.00. The number of rotatable bonds is 7. The van der Waals surface area contributed by atoms with E-state index in [-0.39, 0.29) is 0 Å². The summed E-state index contributed by atoms with van der Waals surface area (Å²) in [7, 11) is 0. The first-order valence-corrected chi connectivity index (χ1v) is 6.40. The third kappa shape index (κ3) is 4.53. The van der Waals surface area contributed by atoms with Crippen molar-refractivity contribution in [1.29, 1.82) is 0 Å². The molecule has 126 valence electrons. The van der Waals surface area contributed by atoms with Gasteiger partial charge < -0.3 is 50.3 Å². The molecule has 1 saturated heterocycles. The summed E-state index contributed by atoms with van der Waals surface area (Å²) in [5.74, 6) is 0. The number of aliphatic hydroxyl groups is 8. The molecular weight excluding hydrogens is 292 g/mol. The van der Waals surface area contributed by atoms with Gasteiger partial charge in [0.1, 0.15) is 42.7 Å². The lowest BCUT2D eigenvalue weighted by molar-refractivity contribution is -0.306. The Labute approximate surface area is 120 Å². The van der Waals surface area contributed by atoms with Crippen molar-refractivity contribution >= 4 is 0 Å². The van der Waals surface area contributed by atoms with E-state index in [1.54, 1.807) is 0 Å². The van der Waals surface area contributed by atoms with Crippen LogP contribution in [0.2, 0.25) is 0 Å². The number of hydrogen-bond donors (Lipinski definition) is 8. The van der Waals surface area contributed by atoms with Gasteiger partial charge in [0.05, 0.1) is 19.8 Å². The van der Waals surface area contributed by atoms with Crippen molar-refractivity contribution in [3.05, 3.63) is 0 Å². The van der Waals surface area contributed by atoms with E-state index in [2.05, 4.69) is 0 Å². The molecule has 10 nitrogen and oxygen atoms in total. The van der Waals surface area contributed by atoms with Crippen molar-refractivity contribution in [3.8, 4) is 0 Å². The summed E-state index contributed by atoms with van der Waals surface area (Å²) in [6.45, 7) is -1.97. The fourth-order valence-corrected chi connectivity index (χ4v) is 1.86. The minimum absolute atomic E-state index is 0.582. The van der Waals surface area contributed by atoms with E-state index in [0.717, 1.165) is 0 Å². The molecule has 0 bridgehead atoms. The van der Waals surface area contributed by atoms with Crippen molar-refractivity contribution in [2.24, 2.45) is 0 Å². The van der Waals surface area contributed by atoms with Crippen LogP contribution in [0.4, 0.5) is 0 Å². The van der Waals surface area contributed by atoms with Crippen LogP contribution in [-0.2, 0) is 9.47 Å². The summed E-state index contributed by atoms with van der Waals surface area (Å²) < 4.78 is 9.98. The van der Waals surface area contributed by atoms with E-state index in [9.17, 15) is 25.5 Å². The van der Waals surface area contributed by atoms with E-state index < -0.39 is 68.8 Å². The lowest BCUT2D eigenvalue weighted by Gasteiger charge is -2.40. The molecule has 1 aliphatic heterocycles. The largest absolute Gasteiger partial charge is 0.394 e. The van der Waals surface area contributed by atoms with Crippen LogP contribution in [0.3, 0.4) is 0 Å². The van der Waals surface area contributed by atoms with E-state index in [1.807, 2.05) is 0 Å². The first-order valence-electron chi connectivity index (χ1n) is 6.40. The van der Waals surface area contributed by atoms with Gasteiger partial charge in [-0.15, -0.1) is 0 Å². The quantitative estimate of drug-likeness (QED) is 0.226. The van der Waals surface area contributed by atoms with Crippen LogP contribution >= 0.6 is 0 Å². The second-order valence-corrected chi connectivity index (χ2v) is 4.84. The molecule has 0 saturated carbocycles. The highest BCUT2D eigenvalue weighted by Crippen LogP contribution is 2.22. The van der Waals surface area contributed by atoms with Crippen molar-refractivity contribution in [3.63, 3.8) is 0 Å². The van der Waals surface area contributed by atoms with Gasteiger partial charge in [0, 0.05) is 0 Å². The standard InChI is InChI=1S/C11H22O10/c12-1-4(14)7(16)5(15)3-20-11-10(19)9(18)8(17)6(2-13)21-11/h4-19H,1-3H2/t4-,5-,6-,7?,8-,9+,10-,11+/m1/s1. The second kappa shape index (κ2) is 8.29. The molecule has 1 aliphatic rings. The van der Waals surface area contributed by atoms with Crippen LogP contribution in [-0.4, -0.2) is 110 Å². The topological polar surface area (TPSA) is 180 Å². The number of aliphatic hydroxyl groups excluding tert-OH is 8. The SMILES string of the molecule is OC[C@@H](O)C(O)[C@H](O)CO[C@H]1O[C@H](CO)[C@@H](O)[C@H](O)[C@H]1O. The molecule has 1 rings (SSSR count). The zero-order valence-electron chi connectivity index (χ0n) is 11.1. The second-order valence-electron chi connectivity index (χ2n) is 4.84. The molecule has 8 N–H and O–H groups in total. The Morgan fingerprint density at radius 3 is 2.05 bits per heavy atom. The molecule has 0 aromatic carbocycles. The Morgan fingerprint density at radius 2 is 1.52 bits per heavy atom. The van der Waals surface area contributed by atoms with Crippen LogP contribution < -0.4 is 0 Å². The molecule has 1 fully saturated rings. The lowest BCUT2D eigenvalue weighted by atomic mass is 9.99. The minimum atomic E-state index is -1.68. The monoisotopic (exact) mass is 314 g/mol. The molecule has 0 aromatic heterocycles. The van der Waals surface area contributed by atoms with Crippen LogP contribution in [0, 0.1) is 0 Å². The predicted molar refractivity (Wildman–Crippen MR) is 64.8 cm³/mol. The van der Waals surface area contributed by atoms with Crippen LogP contribution in [0.5, 0.6) is 0 Å². The van der Waals surface area contributed by atoms with Crippen LogP contribution in [0.15, 0.2) is 0 Å². The molecule has 0 aromatic rings. The zero-order valence-corrected chi connectivity index (χ0v) is 11.1. The molecule has 0 aliphatic carbocycles. The maximum atomic E-state index is 9.65. The first kappa shape index (κ1) is 18.6. The van der Waals surface area contributed by atoms with Gasteiger partial charge in [-0.25, -0.2) is 0 Å². The average Bonchev–Trinajstić information content (AvgIpc) is 2.50. The van der Waals surface area contributed by atoms with Gasteiger partial charge in [-0.2, -0.15) is 0 Å². The molecule has 8 atom stereocenters. The van der Waals surface area contributed by atoms with Crippen molar-refractivity contribution in [2.45, 2.75) is 49.0 Å². The fourth-order valence-electron chi connectivity index (χ4n) is 1.86. The normalized spacial score (nSPS) is 38.0. The van der Waals surface area contributed by atoms with E-state index in [4.69, 9.17) is 24.8 Å². The number of ether oxygens (including phenoxy) is 2. The predicted octanol–water partition coefficient (Wildman–Crippen LogP) is -5.12. The third-order valence-corrected chi connectivity index (χ3v) is 3.26. The van der Waals surface area contributed by atoms with Gasteiger partial charge >= 0.3 is 0 Å². The van der Waals surface area contributed by atoms with Crippen LogP contribution in [0.1, 0.15) is 0 Å². The van der Waals surface area contributed by atoms with Crippen molar-refractivity contribution < 1.29 is 50.3 Å². The summed E-state index contributed by atoms with van der Waals surface area (Å²) in [6, 6.07) is 0. The number of hydrogen-bond acceptors (Lipinski definition) is 10. The summed E-state index contributed by atoms with van der Waals surface area (Å²) in [6.07, 6.45) is -12.2. The molecule has 10 heteroatoms. The van der Waals surface area contributed by atoms with E-state index in [0.29, 0.717) is 0 Å². The Balaban J connectivity index is 2.53. The van der Waals surface area contributed by atoms with Gasteiger partial charge in [0.25, 0.3) is 0 Å². The van der Waals surface area contributed by atoms with E-state index in [1.165, 1.54) is 0 Å². The highest BCUT2D eigenvalue weighted by Gasteiger charge is 2.44. The van der Waals surface area contributed by atoms with Gasteiger partial charge in [-0.1, -0.05) is 0 Å². The van der Waals surface area contributed by atoms with Gasteiger partial charge in [-0.3, -0.25) is 0 Å². The molecular formula is C11H22O10. The average molecular weight is 314 g/mol. The Morgan fingerprint density at radius 1 is 0.905 bits per heavy atom. The lowest BCUT2D eigenvalue weighted by Crippen LogP contribution is -2.59. The van der Waals surface area contributed by atoms with Gasteiger partial charge in [0.2, 0.25) is 0 Å². The minimum Gasteiger partial charge on any atom is -0.394 e. The van der Waals surface area contributed by atoms with Crippen LogP contribution in [0.25, 0.3) is 0 Å². The molecule has 0 spiro atoms. The Hall–Kier alpha value is -0.400. The summed E-state index contributed by atoms with van der Waals surface area (Å²) in [5, 5.41) is 74.4. The van der Waals surface area contributed by atoms with E-state index >= 15 is 0 Å². The van der Waals surface area contributed by atoms with Crippen molar-refractivity contribution in [2.75, 3.05) is 19.8 Å². The van der Waals surface area contributed by atoms with Crippen molar-refractivity contribution in [1.82, 2.24) is 0 Å². The Kier molecular flexibility index (Phi) is 7.36. The summed E-state index contributed by atoms with van der Waals surface area (Å²) in [4.78, 5) is 0. The molecule has 0 radical (unpaired) electrons. The first-order chi connectivity index (χ1) is 9.83. The zero-order chi connectivity index (χ0) is 16.2. The highest BCUT2D eigenvalue weighted by atomic mass is 16.7. The highest BCUT2D eigenvalue weighted by molar-refractivity contribution is 4.89. The Bertz CT molecular complexity index is 301. The molecule has 0 amide bonds. The van der Waals surface area contributed by atoms with Gasteiger partial charge in [0.15, 0.2) is 6.29 Å². The third-order valence-electron chi connectivity index (χ3n) is 3.26. The molecule has 1 unspecified atom stereocenters. The maximum absolute atomic E-state index is 9.65. The van der Waals surface area contributed by atoms with Gasteiger partial charge in [-0.05, 0) is 0 Å². The summed E-state index contributed by atoms with van der Waals surface area (Å²) >= 11 is 0. The summed E-state index contributed by atoms with van der Waals surface area (Å²) in [5.41, 5.74) is 0. The smallest absolute Gasteiger partial charge is 0.186 e. The molecule has 1 heterocycles. The molecule has 21 heavy (non-hydrogen) atoms.